The molecule has 3 unspecified atom stereocenters. The van der Waals surface area contributed by atoms with Gasteiger partial charge in [0.15, 0.2) is 0 Å². The Morgan fingerprint density at radius 1 is 0.708 bits per heavy atom. The summed E-state index contributed by atoms with van der Waals surface area (Å²) in [5, 5.41) is 13.5. The van der Waals surface area contributed by atoms with Gasteiger partial charge < -0.3 is 28.8 Å². The molecule has 0 radical (unpaired) electrons. The van der Waals surface area contributed by atoms with Crippen molar-refractivity contribution in [3.63, 3.8) is 0 Å². The van der Waals surface area contributed by atoms with Gasteiger partial charge in [-0.25, -0.2) is 0 Å². The second kappa shape index (κ2) is 31.7. The molecule has 8 nitrogen and oxygen atoms in total. The molecule has 0 rings (SSSR count). The fourth-order valence-corrected chi connectivity index (χ4v) is 5.90. The summed E-state index contributed by atoms with van der Waals surface area (Å²) in [5.41, 5.74) is 0. The maximum absolute atomic E-state index is 12.5. The average molecular weight is 699 g/mol. The molecule has 48 heavy (non-hydrogen) atoms. The van der Waals surface area contributed by atoms with Crippen LogP contribution in [0.1, 0.15) is 155 Å². The van der Waals surface area contributed by atoms with E-state index >= 15 is 0 Å². The van der Waals surface area contributed by atoms with Crippen LogP contribution < -0.4 is 10.2 Å². The van der Waals surface area contributed by atoms with Crippen LogP contribution in [0.3, 0.4) is 0 Å². The molecular formula is C39H75N2O6P. The van der Waals surface area contributed by atoms with E-state index in [1.54, 1.807) is 6.08 Å². The van der Waals surface area contributed by atoms with E-state index in [1.807, 2.05) is 27.2 Å². The molecule has 282 valence electrons. The molecule has 0 fully saturated rings. The molecule has 0 heterocycles. The monoisotopic (exact) mass is 699 g/mol. The number of carbonyl (C=O) groups excluding carboxylic acids is 1. The van der Waals surface area contributed by atoms with E-state index in [4.69, 9.17) is 9.05 Å². The molecule has 0 aromatic carbocycles. The molecule has 0 aliphatic rings. The van der Waals surface area contributed by atoms with Crippen molar-refractivity contribution < 1.29 is 32.9 Å². The normalized spacial score (nSPS) is 15.1. The molecule has 3 atom stereocenters. The van der Waals surface area contributed by atoms with E-state index < -0.39 is 26.6 Å². The topological polar surface area (TPSA) is 108 Å². The minimum absolute atomic E-state index is 0.00946. The van der Waals surface area contributed by atoms with Crippen molar-refractivity contribution in [2.75, 3.05) is 40.9 Å². The van der Waals surface area contributed by atoms with Gasteiger partial charge in [0, 0.05) is 6.42 Å². The Kier molecular flexibility index (Phi) is 30.8. The molecule has 0 aliphatic heterocycles. The predicted octanol–water partition coefficient (Wildman–Crippen LogP) is 9.33. The summed E-state index contributed by atoms with van der Waals surface area (Å²) >= 11 is 0. The molecule has 0 aromatic heterocycles. The van der Waals surface area contributed by atoms with Crippen LogP contribution in [-0.4, -0.2) is 68.5 Å². The highest BCUT2D eigenvalue weighted by Crippen LogP contribution is 2.38. The molecule has 0 aliphatic carbocycles. The number of nitrogens with zero attached hydrogens (tertiary/aromatic N) is 1. The third-order valence-electron chi connectivity index (χ3n) is 8.33. The van der Waals surface area contributed by atoms with Crippen LogP contribution in [0.15, 0.2) is 36.5 Å². The minimum atomic E-state index is -4.58. The second-order valence-electron chi connectivity index (χ2n) is 14.3. The molecule has 9 heteroatoms. The number of aliphatic hydroxyl groups is 1. The summed E-state index contributed by atoms with van der Waals surface area (Å²) in [7, 11) is 1.23. The molecule has 1 amide bonds. The molecule has 0 aromatic rings. The Morgan fingerprint density at radius 2 is 1.17 bits per heavy atom. The van der Waals surface area contributed by atoms with Gasteiger partial charge in [0.25, 0.3) is 7.82 Å². The van der Waals surface area contributed by atoms with Crippen LogP contribution >= 0.6 is 7.82 Å². The largest absolute Gasteiger partial charge is 0.756 e. The van der Waals surface area contributed by atoms with Crippen molar-refractivity contribution in [3.8, 4) is 0 Å². The lowest BCUT2D eigenvalue weighted by Gasteiger charge is -2.29. The second-order valence-corrected chi connectivity index (χ2v) is 15.7. The fraction of sp³-hybridized carbons (Fsp3) is 0.821. The van der Waals surface area contributed by atoms with Gasteiger partial charge in [0.2, 0.25) is 5.91 Å². The molecular weight excluding hydrogens is 623 g/mol. The van der Waals surface area contributed by atoms with Gasteiger partial charge in [-0.15, -0.1) is 0 Å². The summed E-state index contributed by atoms with van der Waals surface area (Å²) in [5.74, 6) is -0.232. The number of quaternary nitrogens is 1. The third kappa shape index (κ3) is 33.2. The Morgan fingerprint density at radius 3 is 1.69 bits per heavy atom. The Hall–Kier alpha value is -1.28. The van der Waals surface area contributed by atoms with Gasteiger partial charge in [0.05, 0.1) is 39.9 Å². The van der Waals surface area contributed by atoms with Crippen LogP contribution in [0, 0.1) is 0 Å². The van der Waals surface area contributed by atoms with Gasteiger partial charge >= 0.3 is 0 Å². The van der Waals surface area contributed by atoms with E-state index in [-0.39, 0.29) is 12.5 Å². The van der Waals surface area contributed by atoms with Gasteiger partial charge in [-0.1, -0.05) is 140 Å². The highest BCUT2D eigenvalue weighted by Gasteiger charge is 2.23. The molecule has 0 spiro atoms. The van der Waals surface area contributed by atoms with Gasteiger partial charge in [-0.2, -0.15) is 0 Å². The number of amides is 1. The number of phosphoric acid groups is 1. The zero-order valence-electron chi connectivity index (χ0n) is 31.7. The van der Waals surface area contributed by atoms with Crippen LogP contribution in [-0.2, 0) is 18.4 Å². The molecule has 0 saturated carbocycles. The Bertz CT molecular complexity index is 886. The van der Waals surface area contributed by atoms with E-state index in [1.165, 1.54) is 83.5 Å². The minimum Gasteiger partial charge on any atom is -0.756 e. The van der Waals surface area contributed by atoms with Gasteiger partial charge in [-0.3, -0.25) is 9.36 Å². The van der Waals surface area contributed by atoms with Crippen molar-refractivity contribution in [3.05, 3.63) is 36.5 Å². The SMILES string of the molecule is CCCCCCCCCCCCCC/C=C/CC/C=C/CC/C=C/C(O)C(COP(=O)([O-])OCC[N+](C)(C)C)NC(=O)CCCCCC. The summed E-state index contributed by atoms with van der Waals surface area (Å²) in [6, 6.07) is -0.901. The van der Waals surface area contributed by atoms with Gasteiger partial charge in [-0.05, 0) is 44.9 Å². The van der Waals surface area contributed by atoms with Crippen molar-refractivity contribution in [2.45, 2.75) is 167 Å². The van der Waals surface area contributed by atoms with Gasteiger partial charge in [0.1, 0.15) is 13.2 Å². The number of nitrogens with one attached hydrogen (secondary N) is 1. The number of likely N-dealkylation sites (N-methyl/N-ethyl adjacent to an activating group) is 1. The zero-order valence-corrected chi connectivity index (χ0v) is 32.6. The summed E-state index contributed by atoms with van der Waals surface area (Å²) in [6.45, 7) is 4.46. The van der Waals surface area contributed by atoms with Crippen molar-refractivity contribution >= 4 is 13.7 Å². The lowest BCUT2D eigenvalue weighted by Crippen LogP contribution is -2.45. The Balaban J connectivity index is 4.29. The molecule has 0 bridgehead atoms. The maximum Gasteiger partial charge on any atom is 0.268 e. The fourth-order valence-electron chi connectivity index (χ4n) is 5.18. The quantitative estimate of drug-likeness (QED) is 0.0300. The number of carbonyl (C=O) groups is 1. The van der Waals surface area contributed by atoms with E-state index in [9.17, 15) is 19.4 Å². The highest BCUT2D eigenvalue weighted by atomic mass is 31.2. The smallest absolute Gasteiger partial charge is 0.268 e. The summed E-state index contributed by atoms with van der Waals surface area (Å²) < 4.78 is 22.9. The lowest BCUT2D eigenvalue weighted by atomic mass is 10.0. The first-order valence-electron chi connectivity index (χ1n) is 19.4. The van der Waals surface area contributed by atoms with Crippen molar-refractivity contribution in [2.24, 2.45) is 0 Å². The number of aliphatic hydroxyl groups excluding tert-OH is 1. The number of rotatable bonds is 34. The number of hydrogen-bond acceptors (Lipinski definition) is 6. The lowest BCUT2D eigenvalue weighted by molar-refractivity contribution is -0.870. The highest BCUT2D eigenvalue weighted by molar-refractivity contribution is 7.45. The third-order valence-corrected chi connectivity index (χ3v) is 9.29. The summed E-state index contributed by atoms with van der Waals surface area (Å²) in [4.78, 5) is 24.8. The number of phosphoric ester groups is 1. The van der Waals surface area contributed by atoms with Crippen molar-refractivity contribution in [1.29, 1.82) is 0 Å². The van der Waals surface area contributed by atoms with Crippen molar-refractivity contribution in [1.82, 2.24) is 5.32 Å². The average Bonchev–Trinajstić information content (AvgIpc) is 3.03. The van der Waals surface area contributed by atoms with Crippen LogP contribution in [0.4, 0.5) is 0 Å². The van der Waals surface area contributed by atoms with Crippen LogP contribution in [0.2, 0.25) is 0 Å². The predicted molar refractivity (Wildman–Crippen MR) is 201 cm³/mol. The number of unbranched alkanes of at least 4 members (excludes halogenated alkanes) is 17. The van der Waals surface area contributed by atoms with E-state index in [0.29, 0.717) is 17.4 Å². The first-order chi connectivity index (χ1) is 23.0. The van der Waals surface area contributed by atoms with Crippen LogP contribution in [0.5, 0.6) is 0 Å². The Labute approximate surface area is 296 Å². The van der Waals surface area contributed by atoms with E-state index in [0.717, 1.165) is 51.4 Å². The first-order valence-corrected chi connectivity index (χ1v) is 20.8. The zero-order chi connectivity index (χ0) is 35.8. The molecule has 2 N–H and O–H groups in total. The first kappa shape index (κ1) is 46.7. The number of allylic oxidation sites excluding steroid dienone is 5. The molecule has 0 saturated heterocycles. The standard InChI is InChI=1S/C39H75N2O6P/c1-6-8-10-12-13-14-15-16-17-18-19-20-21-22-23-24-25-26-27-28-29-30-32-38(42)37(40-39(43)33-31-11-9-7-2)36-47-48(44,45)46-35-34-41(3,4)5/h22-23,26-27,30,32,37-38,42H,6-21,24-25,28-29,31,33-36H2,1-5H3,(H-,40,43,44,45)/b23-22+,27-26+,32-30+. The number of hydrogen-bond donors (Lipinski definition) is 2. The van der Waals surface area contributed by atoms with E-state index in [2.05, 4.69) is 43.5 Å². The summed E-state index contributed by atoms with van der Waals surface area (Å²) in [6.07, 6.45) is 36.9. The maximum atomic E-state index is 12.5. The van der Waals surface area contributed by atoms with Crippen LogP contribution in [0.25, 0.3) is 0 Å².